The summed E-state index contributed by atoms with van der Waals surface area (Å²) in [6.07, 6.45) is 2.04. The van der Waals surface area contributed by atoms with Crippen LogP contribution in [0.15, 0.2) is 11.1 Å². The Balaban J connectivity index is 4.45. The van der Waals surface area contributed by atoms with Gasteiger partial charge < -0.3 is 20.4 Å². The molecule has 4 nitrogen and oxygen atoms in total. The summed E-state index contributed by atoms with van der Waals surface area (Å²) >= 11 is 0. The zero-order valence-electron chi connectivity index (χ0n) is 8.45. The van der Waals surface area contributed by atoms with Crippen molar-refractivity contribution in [1.29, 1.82) is 0 Å². The van der Waals surface area contributed by atoms with Gasteiger partial charge >= 0.3 is 0 Å². The first-order valence-corrected chi connectivity index (χ1v) is 4.93. The molecule has 4 heteroatoms. The van der Waals surface area contributed by atoms with Crippen molar-refractivity contribution in [2.24, 2.45) is 0 Å². The lowest BCUT2D eigenvalue weighted by Gasteiger charge is -2.12. The van der Waals surface area contributed by atoms with Gasteiger partial charge in [-0.1, -0.05) is 11.1 Å². The first-order chi connectivity index (χ1) is 6.79. The summed E-state index contributed by atoms with van der Waals surface area (Å²) < 4.78 is 0. The quantitative estimate of drug-likeness (QED) is 0.413. The van der Waals surface area contributed by atoms with Crippen LogP contribution >= 0.6 is 0 Å². The highest BCUT2D eigenvalue weighted by molar-refractivity contribution is 5.15. The molecule has 0 aliphatic carbocycles. The molecule has 0 unspecified atom stereocenters. The maximum Gasteiger partial charge on any atom is 0.0468 e. The van der Waals surface area contributed by atoms with E-state index in [1.807, 2.05) is 0 Å². The van der Waals surface area contributed by atoms with Crippen molar-refractivity contribution in [2.75, 3.05) is 26.4 Å². The van der Waals surface area contributed by atoms with Crippen LogP contribution in [0.5, 0.6) is 0 Å². The predicted molar refractivity (Wildman–Crippen MR) is 53.8 cm³/mol. The first kappa shape index (κ1) is 13.6. The standard InChI is InChI=1S/C10H20O4/c11-5-1-9(2-6-12)10(3-7-13)4-8-14/h11-14H,1-8H2. The number of hydrogen-bond donors (Lipinski definition) is 4. The third-order valence-electron chi connectivity index (χ3n) is 2.15. The third-order valence-corrected chi connectivity index (χ3v) is 2.15. The van der Waals surface area contributed by atoms with E-state index in [1.54, 1.807) is 0 Å². The van der Waals surface area contributed by atoms with Gasteiger partial charge in [-0.15, -0.1) is 0 Å². The van der Waals surface area contributed by atoms with Gasteiger partial charge in [0.05, 0.1) is 0 Å². The molecule has 0 saturated carbocycles. The molecule has 0 bridgehead atoms. The third kappa shape index (κ3) is 5.34. The van der Waals surface area contributed by atoms with E-state index in [4.69, 9.17) is 20.4 Å². The molecule has 0 radical (unpaired) electrons. The number of rotatable bonds is 8. The summed E-state index contributed by atoms with van der Waals surface area (Å²) in [6.45, 7) is 0.150. The van der Waals surface area contributed by atoms with E-state index < -0.39 is 0 Å². The summed E-state index contributed by atoms with van der Waals surface area (Å²) in [5, 5.41) is 35.2. The lowest BCUT2D eigenvalue weighted by molar-refractivity contribution is 0.267. The average Bonchev–Trinajstić information content (AvgIpc) is 2.17. The monoisotopic (exact) mass is 204 g/mol. The zero-order chi connectivity index (χ0) is 10.8. The van der Waals surface area contributed by atoms with Gasteiger partial charge in [-0.05, 0) is 25.7 Å². The Morgan fingerprint density at radius 3 is 0.857 bits per heavy atom. The van der Waals surface area contributed by atoms with E-state index in [1.165, 1.54) is 0 Å². The molecule has 0 atom stereocenters. The van der Waals surface area contributed by atoms with Gasteiger partial charge in [0.15, 0.2) is 0 Å². The molecule has 0 heterocycles. The summed E-state index contributed by atoms with van der Waals surface area (Å²) in [6, 6.07) is 0. The van der Waals surface area contributed by atoms with Crippen molar-refractivity contribution in [3.05, 3.63) is 11.1 Å². The summed E-state index contributed by atoms with van der Waals surface area (Å²) in [5.74, 6) is 0. The van der Waals surface area contributed by atoms with Crippen molar-refractivity contribution in [1.82, 2.24) is 0 Å². The van der Waals surface area contributed by atoms with Crippen LogP contribution in [0.4, 0.5) is 0 Å². The van der Waals surface area contributed by atoms with E-state index in [0.717, 1.165) is 11.1 Å². The SMILES string of the molecule is OCCC(CCO)=C(CCO)CCO. The maximum absolute atomic E-state index is 8.81. The van der Waals surface area contributed by atoms with Gasteiger partial charge in [0.25, 0.3) is 0 Å². The van der Waals surface area contributed by atoms with Gasteiger partial charge in [-0.25, -0.2) is 0 Å². The Morgan fingerprint density at radius 2 is 0.714 bits per heavy atom. The molecule has 14 heavy (non-hydrogen) atoms. The molecule has 4 N–H and O–H groups in total. The van der Waals surface area contributed by atoms with Crippen LogP contribution in [-0.2, 0) is 0 Å². The van der Waals surface area contributed by atoms with Gasteiger partial charge in [-0.3, -0.25) is 0 Å². The largest absolute Gasteiger partial charge is 0.396 e. The Labute approximate surface area is 84.5 Å². The highest BCUT2D eigenvalue weighted by Crippen LogP contribution is 2.18. The van der Waals surface area contributed by atoms with Gasteiger partial charge in [0.1, 0.15) is 0 Å². The molecule has 0 rings (SSSR count). The second kappa shape index (κ2) is 9.15. The van der Waals surface area contributed by atoms with Gasteiger partial charge in [0.2, 0.25) is 0 Å². The van der Waals surface area contributed by atoms with E-state index in [-0.39, 0.29) is 26.4 Å². The first-order valence-electron chi connectivity index (χ1n) is 4.93. The second-order valence-electron chi connectivity index (χ2n) is 3.10. The number of aliphatic hydroxyl groups is 4. The minimum atomic E-state index is 0.0374. The van der Waals surface area contributed by atoms with Crippen molar-refractivity contribution in [3.63, 3.8) is 0 Å². The van der Waals surface area contributed by atoms with E-state index >= 15 is 0 Å². The van der Waals surface area contributed by atoms with Crippen LogP contribution < -0.4 is 0 Å². The van der Waals surface area contributed by atoms with Crippen LogP contribution in [0.1, 0.15) is 25.7 Å². The minimum absolute atomic E-state index is 0.0374. The van der Waals surface area contributed by atoms with Crippen LogP contribution in [0.3, 0.4) is 0 Å². The molecule has 0 aromatic heterocycles. The molecule has 0 aromatic rings. The Bertz CT molecular complexity index is 132. The van der Waals surface area contributed by atoms with Crippen molar-refractivity contribution >= 4 is 0 Å². The predicted octanol–water partition coefficient (Wildman–Crippen LogP) is -0.187. The fraction of sp³-hybridized carbons (Fsp3) is 0.800. The summed E-state index contributed by atoms with van der Waals surface area (Å²) in [7, 11) is 0. The topological polar surface area (TPSA) is 80.9 Å². The molecule has 84 valence electrons. The van der Waals surface area contributed by atoms with Gasteiger partial charge in [-0.2, -0.15) is 0 Å². The zero-order valence-corrected chi connectivity index (χ0v) is 8.45. The minimum Gasteiger partial charge on any atom is -0.396 e. The Morgan fingerprint density at radius 1 is 0.500 bits per heavy atom. The van der Waals surface area contributed by atoms with Crippen LogP contribution in [0.25, 0.3) is 0 Å². The fourth-order valence-corrected chi connectivity index (χ4v) is 1.50. The molecule has 0 fully saturated rings. The Hall–Kier alpha value is -0.420. The molecular formula is C10H20O4. The molecule has 0 aliphatic rings. The smallest absolute Gasteiger partial charge is 0.0468 e. The molecule has 0 aromatic carbocycles. The molecule has 0 amide bonds. The number of hydrogen-bond acceptors (Lipinski definition) is 4. The molecular weight excluding hydrogens is 184 g/mol. The van der Waals surface area contributed by atoms with Gasteiger partial charge in [0, 0.05) is 26.4 Å². The van der Waals surface area contributed by atoms with Crippen molar-refractivity contribution in [3.8, 4) is 0 Å². The molecule has 0 aliphatic heterocycles. The summed E-state index contributed by atoms with van der Waals surface area (Å²) in [4.78, 5) is 0. The highest BCUT2D eigenvalue weighted by Gasteiger charge is 2.05. The van der Waals surface area contributed by atoms with Crippen LogP contribution in [0, 0.1) is 0 Å². The molecule has 0 spiro atoms. The normalized spacial score (nSPS) is 10.3. The molecule has 0 saturated heterocycles. The lowest BCUT2D eigenvalue weighted by atomic mass is 9.97. The van der Waals surface area contributed by atoms with Crippen LogP contribution in [-0.4, -0.2) is 46.9 Å². The van der Waals surface area contributed by atoms with Crippen LogP contribution in [0.2, 0.25) is 0 Å². The fourth-order valence-electron chi connectivity index (χ4n) is 1.50. The van der Waals surface area contributed by atoms with Crippen molar-refractivity contribution < 1.29 is 20.4 Å². The maximum atomic E-state index is 8.81. The number of aliphatic hydroxyl groups excluding tert-OH is 4. The average molecular weight is 204 g/mol. The second-order valence-corrected chi connectivity index (χ2v) is 3.10. The lowest BCUT2D eigenvalue weighted by Crippen LogP contribution is -2.02. The summed E-state index contributed by atoms with van der Waals surface area (Å²) in [5.41, 5.74) is 1.91. The van der Waals surface area contributed by atoms with E-state index in [0.29, 0.717) is 25.7 Å². The van der Waals surface area contributed by atoms with E-state index in [9.17, 15) is 0 Å². The highest BCUT2D eigenvalue weighted by atomic mass is 16.3. The van der Waals surface area contributed by atoms with E-state index in [2.05, 4.69) is 0 Å². The van der Waals surface area contributed by atoms with Crippen molar-refractivity contribution in [2.45, 2.75) is 25.7 Å². The Kier molecular flexibility index (Phi) is 8.87.